The third-order valence-electron chi connectivity index (χ3n) is 5.46. The molecular weight excluding hydrogens is 436 g/mol. The number of carbonyl (C=O) groups excluding carboxylic acids is 3. The van der Waals surface area contributed by atoms with Crippen LogP contribution in [0.4, 0.5) is 10.8 Å². The SMILES string of the molecule is O=C(Nc1nccs1)c1ccc(NC(=O)C2CCN(C(=O)/C=C/c3ccccc3)CC2)cc1. The first-order chi connectivity index (χ1) is 16.1. The smallest absolute Gasteiger partial charge is 0.257 e. The molecule has 2 N–H and O–H groups in total. The van der Waals surface area contributed by atoms with Crippen LogP contribution < -0.4 is 10.6 Å². The van der Waals surface area contributed by atoms with Gasteiger partial charge in [0, 0.05) is 47.9 Å². The molecule has 0 radical (unpaired) electrons. The highest BCUT2D eigenvalue weighted by atomic mass is 32.1. The van der Waals surface area contributed by atoms with E-state index in [-0.39, 0.29) is 23.6 Å². The zero-order valence-corrected chi connectivity index (χ0v) is 18.8. The molecule has 7 nitrogen and oxygen atoms in total. The van der Waals surface area contributed by atoms with Gasteiger partial charge < -0.3 is 10.2 Å². The highest BCUT2D eigenvalue weighted by molar-refractivity contribution is 7.13. The second kappa shape index (κ2) is 10.7. The molecule has 33 heavy (non-hydrogen) atoms. The van der Waals surface area contributed by atoms with Crippen molar-refractivity contribution < 1.29 is 14.4 Å². The molecular formula is C25H24N4O3S. The van der Waals surface area contributed by atoms with E-state index in [1.807, 2.05) is 36.4 Å². The van der Waals surface area contributed by atoms with E-state index in [0.717, 1.165) is 5.56 Å². The molecule has 3 amide bonds. The Morgan fingerprint density at radius 2 is 1.70 bits per heavy atom. The van der Waals surface area contributed by atoms with Gasteiger partial charge in [0.15, 0.2) is 5.13 Å². The molecule has 0 spiro atoms. The molecule has 168 valence electrons. The number of aromatic nitrogens is 1. The minimum absolute atomic E-state index is 0.0377. The fourth-order valence-corrected chi connectivity index (χ4v) is 4.13. The predicted molar refractivity (Wildman–Crippen MR) is 130 cm³/mol. The first-order valence-electron chi connectivity index (χ1n) is 10.7. The molecule has 0 saturated carbocycles. The van der Waals surface area contributed by atoms with Crippen LogP contribution in [0.25, 0.3) is 6.08 Å². The fraction of sp³-hybridized carbons (Fsp3) is 0.200. The summed E-state index contributed by atoms with van der Waals surface area (Å²) in [5, 5.41) is 7.97. The molecule has 1 aliphatic heterocycles. The average Bonchev–Trinajstić information content (AvgIpc) is 3.37. The van der Waals surface area contributed by atoms with Gasteiger partial charge in [0.1, 0.15) is 0 Å². The molecule has 2 aromatic carbocycles. The van der Waals surface area contributed by atoms with Gasteiger partial charge in [-0.3, -0.25) is 19.7 Å². The van der Waals surface area contributed by atoms with Crippen molar-refractivity contribution >= 4 is 46.0 Å². The van der Waals surface area contributed by atoms with Crippen LogP contribution in [0.2, 0.25) is 0 Å². The van der Waals surface area contributed by atoms with E-state index in [1.54, 1.807) is 46.8 Å². The van der Waals surface area contributed by atoms with Crippen LogP contribution in [0.5, 0.6) is 0 Å². The van der Waals surface area contributed by atoms with Gasteiger partial charge >= 0.3 is 0 Å². The van der Waals surface area contributed by atoms with Crippen LogP contribution >= 0.6 is 11.3 Å². The normalized spacial score (nSPS) is 14.2. The summed E-state index contributed by atoms with van der Waals surface area (Å²) in [5.74, 6) is -0.507. The number of nitrogens with one attached hydrogen (secondary N) is 2. The minimum Gasteiger partial charge on any atom is -0.339 e. The largest absolute Gasteiger partial charge is 0.339 e. The lowest BCUT2D eigenvalue weighted by molar-refractivity contribution is -0.130. The van der Waals surface area contributed by atoms with Gasteiger partial charge in [0.2, 0.25) is 11.8 Å². The summed E-state index contributed by atoms with van der Waals surface area (Å²) in [5.41, 5.74) is 2.10. The van der Waals surface area contributed by atoms with Crippen molar-refractivity contribution in [1.82, 2.24) is 9.88 Å². The van der Waals surface area contributed by atoms with E-state index in [0.29, 0.717) is 42.3 Å². The number of nitrogens with zero attached hydrogens (tertiary/aromatic N) is 2. The standard InChI is InChI=1S/C25H24N4O3S/c30-22(11-6-18-4-2-1-3-5-18)29-15-12-20(13-16-29)23(31)27-21-9-7-19(8-10-21)24(32)28-25-26-14-17-33-25/h1-11,14,17,20H,12-13,15-16H2,(H,27,31)(H,26,28,32)/b11-6+. The Hall–Kier alpha value is -3.78. The van der Waals surface area contributed by atoms with Gasteiger partial charge in [-0.05, 0) is 48.7 Å². The lowest BCUT2D eigenvalue weighted by Crippen LogP contribution is -2.40. The molecule has 8 heteroatoms. The second-order valence-corrected chi connectivity index (χ2v) is 8.60. The molecule has 0 bridgehead atoms. The van der Waals surface area contributed by atoms with Crippen molar-refractivity contribution in [2.75, 3.05) is 23.7 Å². The van der Waals surface area contributed by atoms with Crippen LogP contribution in [-0.2, 0) is 9.59 Å². The third kappa shape index (κ3) is 6.14. The monoisotopic (exact) mass is 460 g/mol. The summed E-state index contributed by atoms with van der Waals surface area (Å²) in [6.45, 7) is 1.10. The maximum atomic E-state index is 12.7. The molecule has 1 fully saturated rings. The molecule has 1 saturated heterocycles. The highest BCUT2D eigenvalue weighted by Crippen LogP contribution is 2.21. The third-order valence-corrected chi connectivity index (χ3v) is 6.15. The number of rotatable bonds is 6. The number of benzene rings is 2. The predicted octanol–water partition coefficient (Wildman–Crippen LogP) is 4.29. The van der Waals surface area contributed by atoms with Crippen molar-refractivity contribution in [2.45, 2.75) is 12.8 Å². The van der Waals surface area contributed by atoms with Gasteiger partial charge in [-0.2, -0.15) is 0 Å². The zero-order valence-electron chi connectivity index (χ0n) is 17.9. The Bertz CT molecular complexity index is 1120. The number of piperidine rings is 1. The van der Waals surface area contributed by atoms with Crippen LogP contribution in [-0.4, -0.2) is 40.7 Å². The first kappa shape index (κ1) is 22.4. The molecule has 0 unspecified atom stereocenters. The van der Waals surface area contributed by atoms with Gasteiger partial charge in [-0.25, -0.2) is 4.98 Å². The Balaban J connectivity index is 1.24. The number of carbonyl (C=O) groups is 3. The summed E-state index contributed by atoms with van der Waals surface area (Å²) in [4.78, 5) is 43.1. The lowest BCUT2D eigenvalue weighted by Gasteiger charge is -2.30. The van der Waals surface area contributed by atoms with Crippen molar-refractivity contribution in [1.29, 1.82) is 0 Å². The molecule has 0 atom stereocenters. The number of thiazole rings is 1. The average molecular weight is 461 g/mol. The minimum atomic E-state index is -0.249. The first-order valence-corrected chi connectivity index (χ1v) is 11.6. The van der Waals surface area contributed by atoms with Gasteiger partial charge in [0.05, 0.1) is 0 Å². The molecule has 2 heterocycles. The van der Waals surface area contributed by atoms with E-state index in [2.05, 4.69) is 15.6 Å². The molecule has 1 aromatic heterocycles. The van der Waals surface area contributed by atoms with Crippen LogP contribution in [0.1, 0.15) is 28.8 Å². The summed E-state index contributed by atoms with van der Waals surface area (Å²) >= 11 is 1.35. The van der Waals surface area contributed by atoms with Crippen molar-refractivity contribution in [2.24, 2.45) is 5.92 Å². The molecule has 3 aromatic rings. The topological polar surface area (TPSA) is 91.4 Å². The molecule has 4 rings (SSSR count). The van der Waals surface area contributed by atoms with Crippen LogP contribution in [0.15, 0.2) is 72.3 Å². The Morgan fingerprint density at radius 1 is 0.970 bits per heavy atom. The highest BCUT2D eigenvalue weighted by Gasteiger charge is 2.26. The summed E-state index contributed by atoms with van der Waals surface area (Å²) in [6.07, 6.45) is 6.25. The van der Waals surface area contributed by atoms with Gasteiger partial charge in [-0.1, -0.05) is 30.3 Å². The van der Waals surface area contributed by atoms with Crippen LogP contribution in [0.3, 0.4) is 0 Å². The fourth-order valence-electron chi connectivity index (χ4n) is 3.60. The zero-order chi connectivity index (χ0) is 23.0. The number of likely N-dealkylation sites (tertiary alicyclic amines) is 1. The quantitative estimate of drug-likeness (QED) is 0.537. The summed E-state index contributed by atoms with van der Waals surface area (Å²) < 4.78 is 0. The Labute approximate surface area is 196 Å². The van der Waals surface area contributed by atoms with E-state index < -0.39 is 0 Å². The van der Waals surface area contributed by atoms with E-state index in [4.69, 9.17) is 0 Å². The second-order valence-electron chi connectivity index (χ2n) is 7.70. The van der Waals surface area contributed by atoms with Crippen LogP contribution in [0, 0.1) is 5.92 Å². The molecule has 1 aliphatic rings. The maximum Gasteiger partial charge on any atom is 0.257 e. The number of anilines is 2. The Morgan fingerprint density at radius 3 is 2.36 bits per heavy atom. The Kier molecular flexibility index (Phi) is 7.26. The number of amides is 3. The van der Waals surface area contributed by atoms with E-state index in [9.17, 15) is 14.4 Å². The maximum absolute atomic E-state index is 12.7. The van der Waals surface area contributed by atoms with Gasteiger partial charge in [-0.15, -0.1) is 11.3 Å². The molecule has 0 aliphatic carbocycles. The van der Waals surface area contributed by atoms with Gasteiger partial charge in [0.25, 0.3) is 5.91 Å². The van der Waals surface area contributed by atoms with E-state index in [1.165, 1.54) is 11.3 Å². The lowest BCUT2D eigenvalue weighted by atomic mass is 9.95. The number of hydrogen-bond acceptors (Lipinski definition) is 5. The van der Waals surface area contributed by atoms with Crippen molar-refractivity contribution in [3.63, 3.8) is 0 Å². The summed E-state index contributed by atoms with van der Waals surface area (Å²) in [7, 11) is 0. The van der Waals surface area contributed by atoms with Crippen molar-refractivity contribution in [3.05, 3.63) is 83.4 Å². The summed E-state index contributed by atoms with van der Waals surface area (Å²) in [6, 6.07) is 16.4. The van der Waals surface area contributed by atoms with Crippen molar-refractivity contribution in [3.8, 4) is 0 Å². The number of hydrogen-bond donors (Lipinski definition) is 2. The van der Waals surface area contributed by atoms with E-state index >= 15 is 0 Å².